The Morgan fingerprint density at radius 3 is 2.58 bits per heavy atom. The number of rotatable bonds is 5. The van der Waals surface area contributed by atoms with Crippen LogP contribution in [0.1, 0.15) is 34.6 Å². The van der Waals surface area contributed by atoms with Crippen molar-refractivity contribution in [2.45, 2.75) is 19.9 Å². The van der Waals surface area contributed by atoms with Gasteiger partial charge in [-0.3, -0.25) is 9.78 Å². The van der Waals surface area contributed by atoms with Crippen LogP contribution in [0.25, 0.3) is 0 Å². The molecule has 0 fully saturated rings. The molecule has 2 N–H and O–H groups in total. The maximum absolute atomic E-state index is 12.0. The summed E-state index contributed by atoms with van der Waals surface area (Å²) in [5.41, 5.74) is 1.89. The van der Waals surface area contributed by atoms with Crippen LogP contribution < -0.4 is 10.6 Å². The zero-order valence-electron chi connectivity index (χ0n) is 13.6. The highest BCUT2D eigenvalue weighted by atomic mass is 35.5. The summed E-state index contributed by atoms with van der Waals surface area (Å²) >= 11 is 6.15. The molecule has 0 radical (unpaired) electrons. The number of pyridine rings is 1. The molecular formula is C17H18ClN3O3. The van der Waals surface area contributed by atoms with Crippen LogP contribution in [0.2, 0.25) is 5.02 Å². The molecule has 2 rings (SSSR count). The molecule has 1 aromatic heterocycles. The van der Waals surface area contributed by atoms with Gasteiger partial charge in [0.1, 0.15) is 0 Å². The normalized spacial score (nSPS) is 10.4. The topological polar surface area (TPSA) is 80.3 Å². The van der Waals surface area contributed by atoms with Gasteiger partial charge in [0.25, 0.3) is 5.91 Å². The van der Waals surface area contributed by atoms with E-state index >= 15 is 0 Å². The summed E-state index contributed by atoms with van der Waals surface area (Å²) in [6.45, 7) is 3.76. The van der Waals surface area contributed by atoms with Gasteiger partial charge in [-0.1, -0.05) is 11.6 Å². The van der Waals surface area contributed by atoms with Crippen LogP contribution in [0.15, 0.2) is 36.7 Å². The molecule has 7 heteroatoms. The molecule has 126 valence electrons. The number of anilines is 2. The zero-order chi connectivity index (χ0) is 17.7. The van der Waals surface area contributed by atoms with Crippen LogP contribution in [0.5, 0.6) is 0 Å². The third kappa shape index (κ3) is 4.45. The van der Waals surface area contributed by atoms with Crippen molar-refractivity contribution in [2.75, 3.05) is 12.4 Å². The van der Waals surface area contributed by atoms with Gasteiger partial charge in [-0.25, -0.2) is 4.79 Å². The maximum Gasteiger partial charge on any atom is 0.337 e. The molecule has 1 aromatic carbocycles. The second-order valence-corrected chi connectivity index (χ2v) is 5.81. The molecular weight excluding hydrogens is 330 g/mol. The smallest absolute Gasteiger partial charge is 0.337 e. The van der Waals surface area contributed by atoms with E-state index in [1.54, 1.807) is 30.5 Å². The van der Waals surface area contributed by atoms with Crippen molar-refractivity contribution in [3.63, 3.8) is 0 Å². The van der Waals surface area contributed by atoms with Gasteiger partial charge in [0.2, 0.25) is 0 Å². The zero-order valence-corrected chi connectivity index (χ0v) is 14.3. The Labute approximate surface area is 145 Å². The third-order valence-electron chi connectivity index (χ3n) is 3.09. The van der Waals surface area contributed by atoms with Gasteiger partial charge < -0.3 is 15.4 Å². The molecule has 0 atom stereocenters. The SMILES string of the molecule is COC(=O)c1ccc(Cl)c(Nc2cncc(C(=O)NC(C)C)c2)c1. The number of methoxy groups -OCH3 is 1. The van der Waals surface area contributed by atoms with Gasteiger partial charge in [0.05, 0.1) is 40.8 Å². The predicted molar refractivity (Wildman–Crippen MR) is 92.9 cm³/mol. The van der Waals surface area contributed by atoms with Crippen molar-refractivity contribution in [3.8, 4) is 0 Å². The first-order valence-corrected chi connectivity index (χ1v) is 7.69. The number of ether oxygens (including phenoxy) is 1. The van der Waals surface area contributed by atoms with Gasteiger partial charge in [-0.05, 0) is 38.1 Å². The van der Waals surface area contributed by atoms with E-state index in [2.05, 4.69) is 15.6 Å². The Morgan fingerprint density at radius 1 is 1.17 bits per heavy atom. The first-order chi connectivity index (χ1) is 11.4. The Kier molecular flexibility index (Phi) is 5.76. The Balaban J connectivity index is 2.25. The lowest BCUT2D eigenvalue weighted by Gasteiger charge is -2.12. The van der Waals surface area contributed by atoms with Crippen LogP contribution in [-0.4, -0.2) is 30.0 Å². The van der Waals surface area contributed by atoms with E-state index in [0.717, 1.165) is 0 Å². The van der Waals surface area contributed by atoms with Gasteiger partial charge in [-0.2, -0.15) is 0 Å². The van der Waals surface area contributed by atoms with Crippen molar-refractivity contribution in [1.29, 1.82) is 0 Å². The van der Waals surface area contributed by atoms with E-state index in [4.69, 9.17) is 16.3 Å². The van der Waals surface area contributed by atoms with Crippen molar-refractivity contribution < 1.29 is 14.3 Å². The molecule has 24 heavy (non-hydrogen) atoms. The molecule has 0 aliphatic carbocycles. The van der Waals surface area contributed by atoms with Crippen molar-refractivity contribution in [2.24, 2.45) is 0 Å². The number of esters is 1. The molecule has 6 nitrogen and oxygen atoms in total. The van der Waals surface area contributed by atoms with Gasteiger partial charge in [0.15, 0.2) is 0 Å². The van der Waals surface area contributed by atoms with E-state index in [1.807, 2.05) is 13.8 Å². The number of nitrogens with one attached hydrogen (secondary N) is 2. The number of hydrogen-bond donors (Lipinski definition) is 2. The largest absolute Gasteiger partial charge is 0.465 e. The average Bonchev–Trinajstić information content (AvgIpc) is 2.55. The van der Waals surface area contributed by atoms with E-state index < -0.39 is 5.97 Å². The molecule has 0 saturated carbocycles. The van der Waals surface area contributed by atoms with Crippen LogP contribution in [0.4, 0.5) is 11.4 Å². The quantitative estimate of drug-likeness (QED) is 0.810. The highest BCUT2D eigenvalue weighted by Crippen LogP contribution is 2.27. The fourth-order valence-electron chi connectivity index (χ4n) is 2.00. The number of carbonyl (C=O) groups excluding carboxylic acids is 2. The number of carbonyl (C=O) groups is 2. The summed E-state index contributed by atoms with van der Waals surface area (Å²) in [5.74, 6) is -0.673. The van der Waals surface area contributed by atoms with Gasteiger partial charge in [-0.15, -0.1) is 0 Å². The fraction of sp³-hybridized carbons (Fsp3) is 0.235. The molecule has 0 aliphatic rings. The predicted octanol–water partition coefficient (Wildman–Crippen LogP) is 3.40. The number of aromatic nitrogens is 1. The number of hydrogen-bond acceptors (Lipinski definition) is 5. The summed E-state index contributed by atoms with van der Waals surface area (Å²) in [6, 6.07) is 6.43. The summed E-state index contributed by atoms with van der Waals surface area (Å²) < 4.78 is 4.69. The molecule has 0 saturated heterocycles. The lowest BCUT2D eigenvalue weighted by molar-refractivity contribution is 0.0600. The van der Waals surface area contributed by atoms with Crippen molar-refractivity contribution in [1.82, 2.24) is 10.3 Å². The molecule has 1 amide bonds. The highest BCUT2D eigenvalue weighted by molar-refractivity contribution is 6.33. The fourth-order valence-corrected chi connectivity index (χ4v) is 2.16. The lowest BCUT2D eigenvalue weighted by Crippen LogP contribution is -2.30. The van der Waals surface area contributed by atoms with Crippen LogP contribution in [-0.2, 0) is 4.74 Å². The van der Waals surface area contributed by atoms with Crippen molar-refractivity contribution in [3.05, 3.63) is 52.8 Å². The first-order valence-electron chi connectivity index (χ1n) is 7.31. The Bertz CT molecular complexity index is 762. The summed E-state index contributed by atoms with van der Waals surface area (Å²) in [6.07, 6.45) is 3.04. The third-order valence-corrected chi connectivity index (χ3v) is 3.42. The van der Waals surface area contributed by atoms with Gasteiger partial charge >= 0.3 is 5.97 Å². The molecule has 2 aromatic rings. The van der Waals surface area contributed by atoms with E-state index in [0.29, 0.717) is 27.5 Å². The van der Waals surface area contributed by atoms with Crippen molar-refractivity contribution >= 4 is 34.9 Å². The summed E-state index contributed by atoms with van der Waals surface area (Å²) in [5, 5.41) is 6.29. The Hall–Kier alpha value is -2.60. The molecule has 0 aliphatic heterocycles. The monoisotopic (exact) mass is 347 g/mol. The lowest BCUT2D eigenvalue weighted by atomic mass is 10.2. The Morgan fingerprint density at radius 2 is 1.92 bits per heavy atom. The minimum Gasteiger partial charge on any atom is -0.465 e. The minimum atomic E-state index is -0.460. The molecule has 1 heterocycles. The van der Waals surface area contributed by atoms with E-state index in [-0.39, 0.29) is 11.9 Å². The standard InChI is InChI=1S/C17H18ClN3O3/c1-10(2)20-16(22)12-6-13(9-19-8-12)21-15-7-11(17(23)24-3)4-5-14(15)18/h4-10,21H,1-3H3,(H,20,22). The van der Waals surface area contributed by atoms with E-state index in [9.17, 15) is 9.59 Å². The summed E-state index contributed by atoms with van der Waals surface area (Å²) in [7, 11) is 1.31. The second kappa shape index (κ2) is 7.79. The number of benzene rings is 1. The number of amides is 1. The van der Waals surface area contributed by atoms with Gasteiger partial charge in [0, 0.05) is 12.2 Å². The highest BCUT2D eigenvalue weighted by Gasteiger charge is 2.11. The molecule has 0 bridgehead atoms. The minimum absolute atomic E-state index is 0.0281. The summed E-state index contributed by atoms with van der Waals surface area (Å²) in [4.78, 5) is 27.7. The number of halogens is 1. The number of nitrogens with zero attached hydrogens (tertiary/aromatic N) is 1. The van der Waals surface area contributed by atoms with Crippen LogP contribution in [0, 0.1) is 0 Å². The second-order valence-electron chi connectivity index (χ2n) is 5.40. The van der Waals surface area contributed by atoms with Crippen LogP contribution in [0.3, 0.4) is 0 Å². The van der Waals surface area contributed by atoms with Crippen LogP contribution >= 0.6 is 11.6 Å². The maximum atomic E-state index is 12.0. The average molecular weight is 348 g/mol. The van der Waals surface area contributed by atoms with E-state index in [1.165, 1.54) is 13.3 Å². The molecule has 0 unspecified atom stereocenters. The first kappa shape index (κ1) is 17.7. The molecule has 0 spiro atoms.